The van der Waals surface area contributed by atoms with E-state index in [1.54, 1.807) is 11.1 Å². The molecular formula is C19H22N4O2. The van der Waals surface area contributed by atoms with E-state index < -0.39 is 5.91 Å². The Morgan fingerprint density at radius 2 is 1.88 bits per heavy atom. The average molecular weight is 338 g/mol. The quantitative estimate of drug-likeness (QED) is 0.869. The van der Waals surface area contributed by atoms with Crippen LogP contribution in [0.25, 0.3) is 11.3 Å². The van der Waals surface area contributed by atoms with E-state index in [1.807, 2.05) is 35.9 Å². The molecule has 0 spiro atoms. The molecule has 0 atom stereocenters. The molecule has 1 aromatic carbocycles. The summed E-state index contributed by atoms with van der Waals surface area (Å²) >= 11 is 0. The summed E-state index contributed by atoms with van der Waals surface area (Å²) in [5.74, 6) is -0.529. The summed E-state index contributed by atoms with van der Waals surface area (Å²) in [5, 5.41) is 4.64. The molecule has 6 nitrogen and oxygen atoms in total. The van der Waals surface area contributed by atoms with Crippen LogP contribution in [0.5, 0.6) is 0 Å². The molecule has 130 valence electrons. The number of likely N-dealkylation sites (tertiary alicyclic amines) is 1. The molecule has 0 radical (unpaired) electrons. The Morgan fingerprint density at radius 1 is 1.24 bits per heavy atom. The number of hydrogen-bond acceptors (Lipinski definition) is 3. The number of aromatic nitrogens is 2. The predicted octanol–water partition coefficient (Wildman–Crippen LogP) is 2.31. The number of amides is 2. The molecule has 2 amide bonds. The van der Waals surface area contributed by atoms with E-state index in [9.17, 15) is 9.59 Å². The number of carbonyl (C=O) groups excluding carboxylic acids is 2. The fourth-order valence-corrected chi connectivity index (χ4v) is 3.16. The standard InChI is InChI=1S/C19H22N4O2/c1-3-17(24)22-10-8-15(9-11-22)23-12-16(19(20)25)18(21-23)14-6-4-13(2)5-7-14/h3-7,12,15H,1,8-11H2,2H3,(H2,20,25). The Balaban J connectivity index is 1.85. The molecule has 2 heterocycles. The van der Waals surface area contributed by atoms with E-state index in [1.165, 1.54) is 6.08 Å². The van der Waals surface area contributed by atoms with Crippen molar-refractivity contribution in [3.8, 4) is 11.3 Å². The minimum absolute atomic E-state index is 0.0444. The second kappa shape index (κ2) is 6.93. The normalized spacial score (nSPS) is 15.2. The van der Waals surface area contributed by atoms with E-state index in [-0.39, 0.29) is 11.9 Å². The van der Waals surface area contributed by atoms with Crippen molar-refractivity contribution in [1.82, 2.24) is 14.7 Å². The molecule has 0 saturated carbocycles. The Bertz CT molecular complexity index is 799. The first kappa shape index (κ1) is 17.0. The summed E-state index contributed by atoms with van der Waals surface area (Å²) in [5.41, 5.74) is 8.60. The van der Waals surface area contributed by atoms with Crippen LogP contribution in [-0.4, -0.2) is 39.6 Å². The number of primary amides is 1. The predicted molar refractivity (Wildman–Crippen MR) is 96.0 cm³/mol. The number of benzene rings is 1. The Labute approximate surface area is 146 Å². The molecule has 6 heteroatoms. The van der Waals surface area contributed by atoms with Crippen LogP contribution in [0.2, 0.25) is 0 Å². The lowest BCUT2D eigenvalue weighted by Crippen LogP contribution is -2.38. The minimum Gasteiger partial charge on any atom is -0.365 e. The maximum atomic E-state index is 11.8. The number of aryl methyl sites for hydroxylation is 1. The number of piperidine rings is 1. The lowest BCUT2D eigenvalue weighted by molar-refractivity contribution is -0.127. The van der Waals surface area contributed by atoms with E-state index >= 15 is 0 Å². The zero-order chi connectivity index (χ0) is 18.0. The van der Waals surface area contributed by atoms with Gasteiger partial charge in [-0.05, 0) is 25.8 Å². The van der Waals surface area contributed by atoms with Crippen molar-refractivity contribution in [2.45, 2.75) is 25.8 Å². The van der Waals surface area contributed by atoms with E-state index in [4.69, 9.17) is 5.73 Å². The van der Waals surface area contributed by atoms with Gasteiger partial charge in [0.1, 0.15) is 5.69 Å². The summed E-state index contributed by atoms with van der Waals surface area (Å²) in [7, 11) is 0. The second-order valence-corrected chi connectivity index (χ2v) is 6.36. The SMILES string of the molecule is C=CC(=O)N1CCC(n2cc(C(N)=O)c(-c3ccc(C)cc3)n2)CC1. The summed E-state index contributed by atoms with van der Waals surface area (Å²) in [6.07, 6.45) is 4.64. The van der Waals surface area contributed by atoms with Crippen LogP contribution < -0.4 is 5.73 Å². The third-order valence-electron chi connectivity index (χ3n) is 4.65. The van der Waals surface area contributed by atoms with Gasteiger partial charge in [0.25, 0.3) is 5.91 Å². The molecule has 0 bridgehead atoms. The number of nitrogens with zero attached hydrogens (tertiary/aromatic N) is 3. The number of nitrogens with two attached hydrogens (primary N) is 1. The zero-order valence-electron chi connectivity index (χ0n) is 14.3. The van der Waals surface area contributed by atoms with Crippen molar-refractivity contribution in [2.24, 2.45) is 5.73 Å². The highest BCUT2D eigenvalue weighted by Gasteiger charge is 2.25. The molecule has 1 saturated heterocycles. The van der Waals surface area contributed by atoms with E-state index in [0.717, 1.165) is 24.0 Å². The highest BCUT2D eigenvalue weighted by molar-refractivity contribution is 5.98. The second-order valence-electron chi connectivity index (χ2n) is 6.36. The molecule has 3 rings (SSSR count). The van der Waals surface area contributed by atoms with Gasteiger partial charge in [-0.2, -0.15) is 5.10 Å². The minimum atomic E-state index is -0.485. The van der Waals surface area contributed by atoms with Gasteiger partial charge in [0.2, 0.25) is 5.91 Å². The molecule has 0 aliphatic carbocycles. The summed E-state index contributed by atoms with van der Waals surface area (Å²) in [6.45, 7) is 6.84. The van der Waals surface area contributed by atoms with Gasteiger partial charge < -0.3 is 10.6 Å². The Morgan fingerprint density at radius 3 is 2.44 bits per heavy atom. The molecule has 2 N–H and O–H groups in total. The van der Waals surface area contributed by atoms with Gasteiger partial charge >= 0.3 is 0 Å². The van der Waals surface area contributed by atoms with Gasteiger partial charge in [-0.3, -0.25) is 14.3 Å². The van der Waals surface area contributed by atoms with Crippen molar-refractivity contribution in [3.05, 3.63) is 54.2 Å². The fourth-order valence-electron chi connectivity index (χ4n) is 3.16. The van der Waals surface area contributed by atoms with Gasteiger partial charge in [-0.15, -0.1) is 0 Å². The van der Waals surface area contributed by atoms with Crippen LogP contribution >= 0.6 is 0 Å². The first-order chi connectivity index (χ1) is 12.0. The van der Waals surface area contributed by atoms with Crippen LogP contribution in [0.15, 0.2) is 43.1 Å². The molecule has 1 fully saturated rings. The lowest BCUT2D eigenvalue weighted by atomic mass is 10.1. The van der Waals surface area contributed by atoms with Crippen molar-refractivity contribution >= 4 is 11.8 Å². The number of hydrogen-bond donors (Lipinski definition) is 1. The molecular weight excluding hydrogens is 316 g/mol. The van der Waals surface area contributed by atoms with Crippen LogP contribution in [0.1, 0.15) is 34.8 Å². The highest BCUT2D eigenvalue weighted by atomic mass is 16.2. The number of carbonyl (C=O) groups is 2. The maximum absolute atomic E-state index is 11.8. The molecule has 25 heavy (non-hydrogen) atoms. The van der Waals surface area contributed by atoms with Gasteiger partial charge in [0.15, 0.2) is 0 Å². The van der Waals surface area contributed by atoms with Crippen molar-refractivity contribution in [1.29, 1.82) is 0 Å². The van der Waals surface area contributed by atoms with Crippen molar-refractivity contribution < 1.29 is 9.59 Å². The van der Waals surface area contributed by atoms with Gasteiger partial charge in [0, 0.05) is 24.8 Å². The molecule has 1 aliphatic rings. The van der Waals surface area contributed by atoms with Crippen LogP contribution in [0.3, 0.4) is 0 Å². The monoisotopic (exact) mass is 338 g/mol. The number of rotatable bonds is 4. The largest absolute Gasteiger partial charge is 0.365 e. The van der Waals surface area contributed by atoms with Gasteiger partial charge in [-0.1, -0.05) is 36.4 Å². The van der Waals surface area contributed by atoms with Crippen LogP contribution in [0, 0.1) is 6.92 Å². The first-order valence-electron chi connectivity index (χ1n) is 8.37. The third-order valence-corrected chi connectivity index (χ3v) is 4.65. The topological polar surface area (TPSA) is 81.2 Å². The maximum Gasteiger partial charge on any atom is 0.252 e. The molecule has 2 aromatic rings. The molecule has 1 aliphatic heterocycles. The van der Waals surface area contributed by atoms with Crippen LogP contribution in [0.4, 0.5) is 0 Å². The Hall–Kier alpha value is -2.89. The molecule has 1 aromatic heterocycles. The van der Waals surface area contributed by atoms with Gasteiger partial charge in [-0.25, -0.2) is 0 Å². The fraction of sp³-hybridized carbons (Fsp3) is 0.316. The Kier molecular flexibility index (Phi) is 4.70. The first-order valence-corrected chi connectivity index (χ1v) is 8.37. The summed E-state index contributed by atoms with van der Waals surface area (Å²) < 4.78 is 1.82. The summed E-state index contributed by atoms with van der Waals surface area (Å²) in [6, 6.07) is 8.00. The zero-order valence-corrected chi connectivity index (χ0v) is 14.3. The van der Waals surface area contributed by atoms with E-state index in [2.05, 4.69) is 11.7 Å². The van der Waals surface area contributed by atoms with E-state index in [0.29, 0.717) is 24.3 Å². The molecule has 0 unspecified atom stereocenters. The van der Waals surface area contributed by atoms with Crippen LogP contribution in [-0.2, 0) is 4.79 Å². The van der Waals surface area contributed by atoms with Crippen molar-refractivity contribution in [3.63, 3.8) is 0 Å². The van der Waals surface area contributed by atoms with Gasteiger partial charge in [0.05, 0.1) is 11.6 Å². The summed E-state index contributed by atoms with van der Waals surface area (Å²) in [4.78, 5) is 25.3. The lowest BCUT2D eigenvalue weighted by Gasteiger charge is -2.31. The average Bonchev–Trinajstić information content (AvgIpc) is 3.07. The smallest absolute Gasteiger partial charge is 0.252 e. The van der Waals surface area contributed by atoms with Crippen molar-refractivity contribution in [2.75, 3.05) is 13.1 Å². The highest BCUT2D eigenvalue weighted by Crippen LogP contribution is 2.27. The third kappa shape index (κ3) is 3.47.